The number of carbonyl (C=O) groups excluding carboxylic acids is 1. The fourth-order valence-corrected chi connectivity index (χ4v) is 4.76. The smallest absolute Gasteiger partial charge is 0.255 e. The molecule has 2 heterocycles. The van der Waals surface area contributed by atoms with Gasteiger partial charge in [0.25, 0.3) is 5.91 Å². The molecule has 4 aromatic rings. The third-order valence-corrected chi connectivity index (χ3v) is 6.58. The number of aryl methyl sites for hydroxylation is 4. The van der Waals surface area contributed by atoms with Crippen LogP contribution in [0.25, 0.3) is 15.3 Å². The van der Waals surface area contributed by atoms with E-state index < -0.39 is 0 Å². The molecule has 0 saturated heterocycles. The van der Waals surface area contributed by atoms with Gasteiger partial charge in [-0.2, -0.15) is 5.10 Å². The van der Waals surface area contributed by atoms with E-state index in [0.717, 1.165) is 62.1 Å². The quantitative estimate of drug-likeness (QED) is 0.344. The zero-order valence-electron chi connectivity index (χ0n) is 19.2. The third kappa shape index (κ3) is 4.39. The standard InChI is InChI=1S/C25H28N4O2S/c1-6-7-12-31-20-10-8-19(9-11-20)24(30)27-22-15(2)13-21-23(18(22)5)32-25(26-21)29-17(4)14-16(3)28-29/h8-11,13-14H,6-7,12H2,1-5H3,(H,27,30). The summed E-state index contributed by atoms with van der Waals surface area (Å²) in [5, 5.41) is 8.48. The Balaban J connectivity index is 1.59. The summed E-state index contributed by atoms with van der Waals surface area (Å²) < 4.78 is 8.61. The predicted octanol–water partition coefficient (Wildman–Crippen LogP) is 6.15. The molecule has 0 spiro atoms. The minimum absolute atomic E-state index is 0.140. The van der Waals surface area contributed by atoms with Crippen molar-refractivity contribution in [1.82, 2.24) is 14.8 Å². The highest BCUT2D eigenvalue weighted by molar-refractivity contribution is 7.21. The maximum absolute atomic E-state index is 12.9. The van der Waals surface area contributed by atoms with Gasteiger partial charge in [-0.15, -0.1) is 0 Å². The molecule has 0 aliphatic heterocycles. The lowest BCUT2D eigenvalue weighted by molar-refractivity contribution is 0.102. The average molecular weight is 449 g/mol. The Hall–Kier alpha value is -3.19. The second-order valence-electron chi connectivity index (χ2n) is 8.06. The number of rotatable bonds is 7. The largest absolute Gasteiger partial charge is 0.494 e. The van der Waals surface area contributed by atoms with Crippen LogP contribution < -0.4 is 10.1 Å². The zero-order valence-corrected chi connectivity index (χ0v) is 20.0. The molecule has 0 bridgehead atoms. The molecule has 0 fully saturated rings. The van der Waals surface area contributed by atoms with Crippen LogP contribution in [0.15, 0.2) is 36.4 Å². The fourth-order valence-electron chi connectivity index (χ4n) is 3.70. The first-order valence-electron chi connectivity index (χ1n) is 10.9. The van der Waals surface area contributed by atoms with Crippen molar-refractivity contribution in [3.8, 4) is 10.9 Å². The lowest BCUT2D eigenvalue weighted by Crippen LogP contribution is -2.13. The molecule has 1 N–H and O–H groups in total. The monoisotopic (exact) mass is 448 g/mol. The van der Waals surface area contributed by atoms with Gasteiger partial charge in [0.2, 0.25) is 5.13 Å². The first-order chi connectivity index (χ1) is 15.4. The van der Waals surface area contributed by atoms with Crippen molar-refractivity contribution in [3.63, 3.8) is 0 Å². The van der Waals surface area contributed by atoms with Crippen molar-refractivity contribution in [2.45, 2.75) is 47.5 Å². The van der Waals surface area contributed by atoms with Crippen LogP contribution in [0, 0.1) is 27.7 Å². The van der Waals surface area contributed by atoms with Crippen LogP contribution in [0.4, 0.5) is 5.69 Å². The van der Waals surface area contributed by atoms with Crippen LogP contribution in [0.1, 0.15) is 52.6 Å². The molecule has 0 saturated carbocycles. The number of benzene rings is 2. The van der Waals surface area contributed by atoms with Gasteiger partial charge in [0.05, 0.1) is 22.5 Å². The van der Waals surface area contributed by atoms with Crippen LogP contribution >= 0.6 is 11.3 Å². The summed E-state index contributed by atoms with van der Waals surface area (Å²) in [6, 6.07) is 11.3. The Morgan fingerprint density at radius 3 is 2.53 bits per heavy atom. The molecule has 2 aromatic carbocycles. The molecule has 166 valence electrons. The second-order valence-corrected chi connectivity index (χ2v) is 9.04. The number of nitrogens with one attached hydrogen (secondary N) is 1. The van der Waals surface area contributed by atoms with Crippen molar-refractivity contribution >= 4 is 33.1 Å². The second kappa shape index (κ2) is 9.12. The number of amides is 1. The van der Waals surface area contributed by atoms with Crippen molar-refractivity contribution in [2.24, 2.45) is 0 Å². The zero-order chi connectivity index (χ0) is 22.8. The average Bonchev–Trinajstić information content (AvgIpc) is 3.34. The van der Waals surface area contributed by atoms with E-state index in [1.807, 2.05) is 56.6 Å². The minimum atomic E-state index is -0.140. The van der Waals surface area contributed by atoms with Gasteiger partial charge in [0, 0.05) is 16.9 Å². The summed E-state index contributed by atoms with van der Waals surface area (Å²) in [7, 11) is 0. The molecular weight excluding hydrogens is 420 g/mol. The van der Waals surface area contributed by atoms with E-state index in [9.17, 15) is 4.79 Å². The number of thiazole rings is 1. The van der Waals surface area contributed by atoms with Crippen LogP contribution in [0.5, 0.6) is 5.75 Å². The summed E-state index contributed by atoms with van der Waals surface area (Å²) in [5.41, 5.74) is 6.34. The van der Waals surface area contributed by atoms with Gasteiger partial charge in [0.15, 0.2) is 0 Å². The van der Waals surface area contributed by atoms with Crippen molar-refractivity contribution in [3.05, 3.63) is 64.5 Å². The number of nitrogens with zero attached hydrogens (tertiary/aromatic N) is 3. The molecule has 6 nitrogen and oxygen atoms in total. The molecule has 0 aliphatic carbocycles. The number of hydrogen-bond donors (Lipinski definition) is 1. The van der Waals surface area contributed by atoms with E-state index in [1.165, 1.54) is 0 Å². The van der Waals surface area contributed by atoms with E-state index in [2.05, 4.69) is 17.3 Å². The first-order valence-corrected chi connectivity index (χ1v) is 11.7. The van der Waals surface area contributed by atoms with E-state index >= 15 is 0 Å². The molecule has 2 aromatic heterocycles. The van der Waals surface area contributed by atoms with Gasteiger partial charge < -0.3 is 10.1 Å². The highest BCUT2D eigenvalue weighted by Gasteiger charge is 2.17. The molecule has 1 amide bonds. The maximum Gasteiger partial charge on any atom is 0.255 e. The molecule has 0 unspecified atom stereocenters. The lowest BCUT2D eigenvalue weighted by atomic mass is 10.1. The number of ether oxygens (including phenoxy) is 1. The highest BCUT2D eigenvalue weighted by atomic mass is 32.1. The Morgan fingerprint density at radius 2 is 1.88 bits per heavy atom. The summed E-state index contributed by atoms with van der Waals surface area (Å²) in [6.07, 6.45) is 2.11. The highest BCUT2D eigenvalue weighted by Crippen LogP contribution is 2.35. The van der Waals surface area contributed by atoms with E-state index in [0.29, 0.717) is 12.2 Å². The van der Waals surface area contributed by atoms with Gasteiger partial charge in [-0.1, -0.05) is 24.7 Å². The molecule has 4 rings (SSSR count). The predicted molar refractivity (Wildman–Crippen MR) is 130 cm³/mol. The third-order valence-electron chi connectivity index (χ3n) is 5.42. The lowest BCUT2D eigenvalue weighted by Gasteiger charge is -2.13. The Labute approximate surface area is 192 Å². The van der Waals surface area contributed by atoms with Crippen LogP contribution in [0.3, 0.4) is 0 Å². The molecule has 0 radical (unpaired) electrons. The summed E-state index contributed by atoms with van der Waals surface area (Å²) in [5.74, 6) is 0.643. The van der Waals surface area contributed by atoms with Crippen LogP contribution in [-0.2, 0) is 0 Å². The van der Waals surface area contributed by atoms with E-state index in [1.54, 1.807) is 23.5 Å². The van der Waals surface area contributed by atoms with Crippen LogP contribution in [0.2, 0.25) is 0 Å². The summed E-state index contributed by atoms with van der Waals surface area (Å²) >= 11 is 1.58. The topological polar surface area (TPSA) is 69.0 Å². The van der Waals surface area contributed by atoms with Gasteiger partial charge in [-0.25, -0.2) is 9.67 Å². The summed E-state index contributed by atoms with van der Waals surface area (Å²) in [4.78, 5) is 17.7. The van der Waals surface area contributed by atoms with Crippen molar-refractivity contribution < 1.29 is 9.53 Å². The minimum Gasteiger partial charge on any atom is -0.494 e. The fraction of sp³-hybridized carbons (Fsp3) is 0.320. The van der Waals surface area contributed by atoms with Crippen molar-refractivity contribution in [1.29, 1.82) is 0 Å². The van der Waals surface area contributed by atoms with Crippen molar-refractivity contribution in [2.75, 3.05) is 11.9 Å². The SMILES string of the molecule is CCCCOc1ccc(C(=O)Nc2c(C)cc3nc(-n4nc(C)cc4C)sc3c2C)cc1. The molecule has 32 heavy (non-hydrogen) atoms. The first kappa shape index (κ1) is 22.0. The number of hydrogen-bond acceptors (Lipinski definition) is 5. The van der Waals surface area contributed by atoms with Gasteiger partial charge >= 0.3 is 0 Å². The number of aromatic nitrogens is 3. The maximum atomic E-state index is 12.9. The molecular formula is C25H28N4O2S. The number of fused-ring (bicyclic) bond motifs is 1. The molecule has 7 heteroatoms. The molecule has 0 atom stereocenters. The number of unbranched alkanes of at least 4 members (excludes halogenated alkanes) is 1. The van der Waals surface area contributed by atoms with Gasteiger partial charge in [-0.05, 0) is 81.6 Å². The Bertz CT molecular complexity index is 1270. The molecule has 0 aliphatic rings. The Morgan fingerprint density at radius 1 is 1.12 bits per heavy atom. The van der Waals surface area contributed by atoms with E-state index in [4.69, 9.17) is 9.72 Å². The van der Waals surface area contributed by atoms with Gasteiger partial charge in [0.1, 0.15) is 5.75 Å². The van der Waals surface area contributed by atoms with Gasteiger partial charge in [-0.3, -0.25) is 4.79 Å². The Kier molecular flexibility index (Phi) is 6.28. The number of anilines is 1. The van der Waals surface area contributed by atoms with Crippen LogP contribution in [-0.4, -0.2) is 27.3 Å². The summed E-state index contributed by atoms with van der Waals surface area (Å²) in [6.45, 7) is 10.8. The normalized spacial score (nSPS) is 11.2. The van der Waals surface area contributed by atoms with E-state index in [-0.39, 0.29) is 5.91 Å². The number of carbonyl (C=O) groups is 1.